The zero-order valence-corrected chi connectivity index (χ0v) is 17.3. The fourth-order valence-electron chi connectivity index (χ4n) is 3.70. The number of hydrogen-bond acceptors (Lipinski definition) is 6. The predicted molar refractivity (Wildman–Crippen MR) is 104 cm³/mol. The van der Waals surface area contributed by atoms with Crippen LogP contribution in [0.3, 0.4) is 0 Å². The van der Waals surface area contributed by atoms with E-state index >= 15 is 0 Å². The minimum Gasteiger partial charge on any atom is -0.460 e. The first-order valence-corrected chi connectivity index (χ1v) is 10.3. The van der Waals surface area contributed by atoms with E-state index in [2.05, 4.69) is 15.5 Å². The highest BCUT2D eigenvalue weighted by atomic mass is 16.6. The standard InChI is InChI=1S/C20H34N4O4/c1-20(2,3)27-17(25)12-15(11-7-10-14-8-5-4-6-9-14)18-23-16(24-28-18)13-22-19(21)26/h14-15H,4-13H2,1-3H3,(H3,21,22,26)/t15-/m0/s1. The van der Waals surface area contributed by atoms with Gasteiger partial charge >= 0.3 is 12.0 Å². The number of rotatable bonds is 9. The maximum absolute atomic E-state index is 12.3. The molecule has 0 saturated heterocycles. The van der Waals surface area contributed by atoms with Crippen LogP contribution < -0.4 is 11.1 Å². The molecule has 8 nitrogen and oxygen atoms in total. The fourth-order valence-corrected chi connectivity index (χ4v) is 3.70. The first-order valence-electron chi connectivity index (χ1n) is 10.3. The fraction of sp³-hybridized carbons (Fsp3) is 0.800. The Labute approximate surface area is 167 Å². The minimum absolute atomic E-state index is 0.0973. The van der Waals surface area contributed by atoms with E-state index in [9.17, 15) is 9.59 Å². The smallest absolute Gasteiger partial charge is 0.312 e. The van der Waals surface area contributed by atoms with E-state index in [0.717, 1.165) is 25.2 Å². The van der Waals surface area contributed by atoms with Gasteiger partial charge in [-0.15, -0.1) is 0 Å². The van der Waals surface area contributed by atoms with Crippen LogP contribution in [0, 0.1) is 5.92 Å². The first kappa shape index (κ1) is 22.2. The van der Waals surface area contributed by atoms with Crippen LogP contribution in [0.15, 0.2) is 4.52 Å². The van der Waals surface area contributed by atoms with Crippen molar-refractivity contribution in [2.24, 2.45) is 11.7 Å². The van der Waals surface area contributed by atoms with Gasteiger partial charge in [-0.3, -0.25) is 4.79 Å². The molecule has 1 aromatic rings. The zero-order valence-electron chi connectivity index (χ0n) is 17.3. The van der Waals surface area contributed by atoms with E-state index in [1.165, 1.54) is 32.1 Å². The molecule has 8 heteroatoms. The van der Waals surface area contributed by atoms with Crippen molar-refractivity contribution in [1.82, 2.24) is 15.5 Å². The Hall–Kier alpha value is -2.12. The predicted octanol–water partition coefficient (Wildman–Crippen LogP) is 3.80. The van der Waals surface area contributed by atoms with Gasteiger partial charge < -0.3 is 20.3 Å². The molecule has 1 aliphatic rings. The van der Waals surface area contributed by atoms with Gasteiger partial charge in [-0.25, -0.2) is 4.79 Å². The second kappa shape index (κ2) is 10.4. The lowest BCUT2D eigenvalue weighted by atomic mass is 9.84. The van der Waals surface area contributed by atoms with Crippen molar-refractivity contribution in [2.75, 3.05) is 0 Å². The van der Waals surface area contributed by atoms with Crippen LogP contribution in [0.4, 0.5) is 4.79 Å². The lowest BCUT2D eigenvalue weighted by Gasteiger charge is -2.23. The molecule has 2 rings (SSSR count). The average molecular weight is 395 g/mol. The molecule has 2 amide bonds. The van der Waals surface area contributed by atoms with E-state index in [0.29, 0.717) is 11.7 Å². The Morgan fingerprint density at radius 1 is 1.29 bits per heavy atom. The number of urea groups is 1. The topological polar surface area (TPSA) is 120 Å². The number of hydrogen-bond donors (Lipinski definition) is 2. The summed E-state index contributed by atoms with van der Waals surface area (Å²) >= 11 is 0. The Balaban J connectivity index is 1.96. The summed E-state index contributed by atoms with van der Waals surface area (Å²) < 4.78 is 10.8. The first-order chi connectivity index (χ1) is 13.2. The van der Waals surface area contributed by atoms with Crippen molar-refractivity contribution in [2.45, 2.75) is 96.6 Å². The molecule has 1 aliphatic carbocycles. The van der Waals surface area contributed by atoms with Gasteiger partial charge in [0.15, 0.2) is 5.82 Å². The summed E-state index contributed by atoms with van der Waals surface area (Å²) in [7, 11) is 0. The van der Waals surface area contributed by atoms with Crippen molar-refractivity contribution < 1.29 is 18.8 Å². The molecular weight excluding hydrogens is 360 g/mol. The minimum atomic E-state index is -0.649. The van der Waals surface area contributed by atoms with Crippen LogP contribution in [0.1, 0.15) is 96.2 Å². The molecule has 1 saturated carbocycles. The number of aromatic nitrogens is 2. The third kappa shape index (κ3) is 8.27. The van der Waals surface area contributed by atoms with Crippen molar-refractivity contribution >= 4 is 12.0 Å². The highest BCUT2D eigenvalue weighted by Crippen LogP contribution is 2.31. The highest BCUT2D eigenvalue weighted by molar-refractivity contribution is 5.71. The molecule has 0 aromatic carbocycles. The lowest BCUT2D eigenvalue weighted by molar-refractivity contribution is -0.155. The van der Waals surface area contributed by atoms with Gasteiger partial charge in [-0.05, 0) is 33.1 Å². The summed E-state index contributed by atoms with van der Waals surface area (Å²) in [5.74, 6) is 1.08. The Bertz CT molecular complexity index is 632. The average Bonchev–Trinajstić information content (AvgIpc) is 3.07. The van der Waals surface area contributed by atoms with Crippen molar-refractivity contribution in [3.05, 3.63) is 11.7 Å². The number of nitrogens with two attached hydrogens (primary N) is 1. The Morgan fingerprint density at radius 2 is 2.00 bits per heavy atom. The number of carbonyl (C=O) groups excluding carboxylic acids is 2. The Kier molecular flexibility index (Phi) is 8.26. The second-order valence-corrected chi connectivity index (χ2v) is 8.69. The molecule has 0 spiro atoms. The zero-order chi connectivity index (χ0) is 20.6. The van der Waals surface area contributed by atoms with Crippen LogP contribution in [-0.4, -0.2) is 27.7 Å². The second-order valence-electron chi connectivity index (χ2n) is 8.69. The molecule has 28 heavy (non-hydrogen) atoms. The van der Waals surface area contributed by atoms with Gasteiger partial charge in [0.2, 0.25) is 5.89 Å². The van der Waals surface area contributed by atoms with Gasteiger partial charge in [-0.1, -0.05) is 50.1 Å². The highest BCUT2D eigenvalue weighted by Gasteiger charge is 2.26. The van der Waals surface area contributed by atoms with Crippen molar-refractivity contribution in [3.63, 3.8) is 0 Å². The maximum Gasteiger partial charge on any atom is 0.312 e. The number of esters is 1. The van der Waals surface area contributed by atoms with E-state index in [1.807, 2.05) is 20.8 Å². The number of nitrogens with one attached hydrogen (secondary N) is 1. The number of ether oxygens (including phenoxy) is 1. The quantitative estimate of drug-likeness (QED) is 0.615. The maximum atomic E-state index is 12.3. The summed E-state index contributed by atoms with van der Waals surface area (Å²) in [5.41, 5.74) is 4.54. The van der Waals surface area contributed by atoms with Crippen LogP contribution >= 0.6 is 0 Å². The molecule has 1 atom stereocenters. The third-order valence-electron chi connectivity index (χ3n) is 4.98. The number of nitrogens with zero attached hydrogens (tertiary/aromatic N) is 2. The molecule has 0 aliphatic heterocycles. The molecule has 0 radical (unpaired) electrons. The summed E-state index contributed by atoms with van der Waals surface area (Å²) in [6, 6.07) is -0.649. The molecule has 1 fully saturated rings. The number of primary amides is 1. The molecule has 0 unspecified atom stereocenters. The summed E-state index contributed by atoms with van der Waals surface area (Å²) in [5, 5.41) is 6.31. The van der Waals surface area contributed by atoms with E-state index in [-0.39, 0.29) is 24.9 Å². The van der Waals surface area contributed by atoms with Crippen LogP contribution in [0.5, 0.6) is 0 Å². The lowest BCUT2D eigenvalue weighted by Crippen LogP contribution is -2.29. The van der Waals surface area contributed by atoms with E-state index in [1.54, 1.807) is 0 Å². The van der Waals surface area contributed by atoms with Crippen LogP contribution in [0.25, 0.3) is 0 Å². The van der Waals surface area contributed by atoms with Gasteiger partial charge in [0.1, 0.15) is 5.60 Å². The Morgan fingerprint density at radius 3 is 2.64 bits per heavy atom. The van der Waals surface area contributed by atoms with Gasteiger partial charge in [0.25, 0.3) is 0 Å². The summed E-state index contributed by atoms with van der Waals surface area (Å²) in [6.45, 7) is 5.65. The molecular formula is C20H34N4O4. The molecule has 1 heterocycles. The van der Waals surface area contributed by atoms with Gasteiger partial charge in [-0.2, -0.15) is 4.98 Å². The van der Waals surface area contributed by atoms with Gasteiger partial charge in [0.05, 0.1) is 13.0 Å². The monoisotopic (exact) mass is 394 g/mol. The van der Waals surface area contributed by atoms with Crippen LogP contribution in [0.2, 0.25) is 0 Å². The van der Waals surface area contributed by atoms with E-state index < -0.39 is 11.6 Å². The van der Waals surface area contributed by atoms with E-state index in [4.69, 9.17) is 15.0 Å². The molecule has 3 N–H and O–H groups in total. The summed E-state index contributed by atoms with van der Waals surface area (Å²) in [6.07, 6.45) is 9.78. The molecule has 158 valence electrons. The molecule has 0 bridgehead atoms. The van der Waals surface area contributed by atoms with Crippen molar-refractivity contribution in [3.8, 4) is 0 Å². The SMILES string of the molecule is CC(C)(C)OC(=O)C[C@H](CCCC1CCCCC1)c1nc(CNC(N)=O)no1. The number of amides is 2. The largest absolute Gasteiger partial charge is 0.460 e. The normalized spacial score (nSPS) is 16.5. The number of carbonyl (C=O) groups is 2. The van der Waals surface area contributed by atoms with Gasteiger partial charge in [0, 0.05) is 5.92 Å². The van der Waals surface area contributed by atoms with Crippen molar-refractivity contribution in [1.29, 1.82) is 0 Å². The third-order valence-corrected chi connectivity index (χ3v) is 4.98. The molecule has 1 aromatic heterocycles. The summed E-state index contributed by atoms with van der Waals surface area (Å²) in [4.78, 5) is 27.5. The van der Waals surface area contributed by atoms with Crippen LogP contribution in [-0.2, 0) is 16.1 Å².